The average Bonchev–Trinajstić information content (AvgIpc) is 3.01. The van der Waals surface area contributed by atoms with E-state index in [1.807, 2.05) is 0 Å². The van der Waals surface area contributed by atoms with Crippen molar-refractivity contribution in [3.05, 3.63) is 0 Å². The topological polar surface area (TPSA) is 24.5 Å². The summed E-state index contributed by atoms with van der Waals surface area (Å²) in [5.41, 5.74) is 0.440. The predicted molar refractivity (Wildman–Crippen MR) is 81.9 cm³/mol. The molecule has 110 valence electrons. The fraction of sp³-hybridized carbons (Fsp3) is 1.00. The molecule has 2 heterocycles. The molecule has 0 radical (unpaired) electrons. The summed E-state index contributed by atoms with van der Waals surface area (Å²) in [5.74, 6) is 2.67. The Morgan fingerprint density at radius 3 is 2.63 bits per heavy atom. The van der Waals surface area contributed by atoms with Crippen LogP contribution in [0.15, 0.2) is 0 Å². The fourth-order valence-electron chi connectivity index (χ4n) is 3.88. The highest BCUT2D eigenvalue weighted by Crippen LogP contribution is 2.34. The predicted octanol–water partition coefficient (Wildman–Crippen LogP) is 2.12. The summed E-state index contributed by atoms with van der Waals surface area (Å²) in [5, 5.41) is 3.89. The molecule has 3 nitrogen and oxygen atoms in total. The van der Waals surface area contributed by atoms with Crippen molar-refractivity contribution in [2.75, 3.05) is 44.4 Å². The summed E-state index contributed by atoms with van der Waals surface area (Å²) in [6.07, 6.45) is 8.41. The molecule has 0 aromatic heterocycles. The summed E-state index contributed by atoms with van der Waals surface area (Å²) < 4.78 is 5.55. The molecule has 19 heavy (non-hydrogen) atoms. The molecule has 1 atom stereocenters. The molecular formula is C15H28N2OS. The number of ether oxygens (including phenoxy) is 1. The lowest BCUT2D eigenvalue weighted by Crippen LogP contribution is -2.60. The van der Waals surface area contributed by atoms with Crippen LogP contribution in [0.2, 0.25) is 0 Å². The van der Waals surface area contributed by atoms with E-state index in [0.29, 0.717) is 5.54 Å². The lowest BCUT2D eigenvalue weighted by Gasteiger charge is -2.48. The first-order valence-electron chi connectivity index (χ1n) is 8.03. The molecule has 1 N–H and O–H groups in total. The molecule has 1 saturated carbocycles. The number of nitrogens with one attached hydrogen (secondary N) is 1. The summed E-state index contributed by atoms with van der Waals surface area (Å²) in [4.78, 5) is 2.74. The number of hydrogen-bond donors (Lipinski definition) is 1. The van der Waals surface area contributed by atoms with Crippen LogP contribution < -0.4 is 5.32 Å². The van der Waals surface area contributed by atoms with Gasteiger partial charge < -0.3 is 10.1 Å². The van der Waals surface area contributed by atoms with Crippen molar-refractivity contribution in [1.29, 1.82) is 0 Å². The van der Waals surface area contributed by atoms with Gasteiger partial charge in [-0.3, -0.25) is 4.90 Å². The lowest BCUT2D eigenvalue weighted by atomic mass is 9.79. The van der Waals surface area contributed by atoms with E-state index in [9.17, 15) is 0 Å². The van der Waals surface area contributed by atoms with Crippen molar-refractivity contribution in [2.45, 2.75) is 50.1 Å². The highest BCUT2D eigenvalue weighted by atomic mass is 32.2. The molecule has 0 amide bonds. The van der Waals surface area contributed by atoms with E-state index in [0.717, 1.165) is 32.3 Å². The van der Waals surface area contributed by atoms with E-state index in [-0.39, 0.29) is 0 Å². The Balaban J connectivity index is 1.61. The van der Waals surface area contributed by atoms with Gasteiger partial charge in [-0.1, -0.05) is 19.3 Å². The zero-order valence-corrected chi connectivity index (χ0v) is 12.8. The molecular weight excluding hydrogens is 256 g/mol. The quantitative estimate of drug-likeness (QED) is 0.854. The van der Waals surface area contributed by atoms with Crippen LogP contribution in [-0.4, -0.2) is 60.8 Å². The Bertz CT molecular complexity index is 269. The molecule has 0 aromatic rings. The second-order valence-electron chi connectivity index (χ2n) is 6.33. The van der Waals surface area contributed by atoms with Gasteiger partial charge in [0.25, 0.3) is 0 Å². The largest absolute Gasteiger partial charge is 0.379 e. The van der Waals surface area contributed by atoms with Crippen molar-refractivity contribution >= 4 is 11.8 Å². The Morgan fingerprint density at radius 1 is 1.16 bits per heavy atom. The highest BCUT2D eigenvalue weighted by Gasteiger charge is 2.38. The van der Waals surface area contributed by atoms with Gasteiger partial charge in [0.1, 0.15) is 0 Å². The number of rotatable bonds is 4. The van der Waals surface area contributed by atoms with Crippen LogP contribution in [0.4, 0.5) is 0 Å². The van der Waals surface area contributed by atoms with Crippen LogP contribution in [0, 0.1) is 0 Å². The van der Waals surface area contributed by atoms with Gasteiger partial charge in [-0.15, -0.1) is 0 Å². The van der Waals surface area contributed by atoms with E-state index in [1.54, 1.807) is 0 Å². The van der Waals surface area contributed by atoms with Crippen LogP contribution in [0.25, 0.3) is 0 Å². The third-order valence-corrected chi connectivity index (χ3v) is 6.28. The summed E-state index contributed by atoms with van der Waals surface area (Å²) in [6, 6.07) is 0.768. The van der Waals surface area contributed by atoms with Gasteiger partial charge in [0, 0.05) is 37.0 Å². The van der Waals surface area contributed by atoms with Gasteiger partial charge in [-0.2, -0.15) is 11.8 Å². The molecule has 0 bridgehead atoms. The molecule has 0 spiro atoms. The normalized spacial score (nSPS) is 32.5. The smallest absolute Gasteiger partial charge is 0.0594 e. The van der Waals surface area contributed by atoms with Gasteiger partial charge >= 0.3 is 0 Å². The Kier molecular flexibility index (Phi) is 5.07. The van der Waals surface area contributed by atoms with Gasteiger partial charge in [0.15, 0.2) is 0 Å². The van der Waals surface area contributed by atoms with Crippen LogP contribution in [0.3, 0.4) is 0 Å². The van der Waals surface area contributed by atoms with E-state index in [4.69, 9.17) is 4.74 Å². The maximum absolute atomic E-state index is 5.55. The summed E-state index contributed by atoms with van der Waals surface area (Å²) in [6.45, 7) is 5.35. The Morgan fingerprint density at radius 2 is 1.95 bits per heavy atom. The number of morpholine rings is 1. The molecule has 1 aliphatic carbocycles. The molecule has 3 aliphatic rings. The van der Waals surface area contributed by atoms with Gasteiger partial charge in [0.05, 0.1) is 13.2 Å². The molecule has 4 heteroatoms. The van der Waals surface area contributed by atoms with Crippen molar-refractivity contribution < 1.29 is 4.74 Å². The first-order valence-corrected chi connectivity index (χ1v) is 9.18. The van der Waals surface area contributed by atoms with Crippen molar-refractivity contribution in [3.63, 3.8) is 0 Å². The second kappa shape index (κ2) is 6.79. The standard InChI is InChI=1S/C15H28N2OS/c1-2-5-15(6-3-1,17-7-9-18-10-8-17)13-16-14-4-11-19-12-14/h14,16H,1-13H2. The molecule has 2 aliphatic heterocycles. The number of hydrogen-bond acceptors (Lipinski definition) is 4. The molecule has 3 fully saturated rings. The number of thioether (sulfide) groups is 1. The fourth-order valence-corrected chi connectivity index (χ4v) is 5.07. The average molecular weight is 284 g/mol. The third kappa shape index (κ3) is 3.46. The van der Waals surface area contributed by atoms with E-state index >= 15 is 0 Å². The first kappa shape index (κ1) is 14.2. The molecule has 0 aromatic carbocycles. The van der Waals surface area contributed by atoms with Gasteiger partial charge in [-0.25, -0.2) is 0 Å². The SMILES string of the molecule is C1CCC(CNC2CCSC2)(N2CCOCC2)CC1. The van der Waals surface area contributed by atoms with Crippen molar-refractivity contribution in [3.8, 4) is 0 Å². The highest BCUT2D eigenvalue weighted by molar-refractivity contribution is 7.99. The van der Waals surface area contributed by atoms with Gasteiger partial charge in [0.2, 0.25) is 0 Å². The molecule has 3 rings (SSSR count). The Hall–Kier alpha value is 0.230. The second-order valence-corrected chi connectivity index (χ2v) is 7.48. The van der Waals surface area contributed by atoms with Crippen LogP contribution in [0.1, 0.15) is 38.5 Å². The third-order valence-electron chi connectivity index (χ3n) is 5.12. The van der Waals surface area contributed by atoms with E-state index < -0.39 is 0 Å². The van der Waals surface area contributed by atoms with E-state index in [2.05, 4.69) is 22.0 Å². The summed E-state index contributed by atoms with van der Waals surface area (Å²) in [7, 11) is 0. The Labute approximate surface area is 121 Å². The molecule has 1 unspecified atom stereocenters. The van der Waals surface area contributed by atoms with E-state index in [1.165, 1.54) is 56.6 Å². The monoisotopic (exact) mass is 284 g/mol. The maximum atomic E-state index is 5.55. The lowest BCUT2D eigenvalue weighted by molar-refractivity contribution is -0.0374. The summed E-state index contributed by atoms with van der Waals surface area (Å²) >= 11 is 2.11. The van der Waals surface area contributed by atoms with Crippen LogP contribution in [0.5, 0.6) is 0 Å². The first-order chi connectivity index (χ1) is 9.39. The molecule has 2 saturated heterocycles. The van der Waals surface area contributed by atoms with Crippen molar-refractivity contribution in [2.24, 2.45) is 0 Å². The van der Waals surface area contributed by atoms with Crippen LogP contribution in [-0.2, 0) is 4.74 Å². The zero-order valence-electron chi connectivity index (χ0n) is 12.0. The van der Waals surface area contributed by atoms with Crippen molar-refractivity contribution in [1.82, 2.24) is 10.2 Å². The minimum absolute atomic E-state index is 0.440. The minimum Gasteiger partial charge on any atom is -0.379 e. The minimum atomic E-state index is 0.440. The zero-order chi connectivity index (χ0) is 13.0. The number of nitrogens with zero attached hydrogens (tertiary/aromatic N) is 1. The maximum Gasteiger partial charge on any atom is 0.0594 e. The van der Waals surface area contributed by atoms with Gasteiger partial charge in [-0.05, 0) is 25.0 Å². The van der Waals surface area contributed by atoms with Crippen LogP contribution >= 0.6 is 11.8 Å².